The van der Waals surface area contributed by atoms with Crippen LogP contribution in [0.4, 0.5) is 0 Å². The molecule has 3 heteroatoms. The first kappa shape index (κ1) is 12.9. The first-order valence-electron chi connectivity index (χ1n) is 6.36. The van der Waals surface area contributed by atoms with Crippen molar-refractivity contribution in [1.29, 1.82) is 0 Å². The Hall–Kier alpha value is -0.120. The van der Waals surface area contributed by atoms with Crippen molar-refractivity contribution in [3.63, 3.8) is 0 Å². The minimum Gasteiger partial charge on any atom is -0.396 e. The van der Waals surface area contributed by atoms with E-state index in [0.29, 0.717) is 24.5 Å². The smallest absolute Gasteiger partial charge is 0.0434 e. The first-order chi connectivity index (χ1) is 7.31. The lowest BCUT2D eigenvalue weighted by Crippen LogP contribution is -2.38. The fourth-order valence-electron chi connectivity index (χ4n) is 2.54. The molecule has 0 bridgehead atoms. The van der Waals surface area contributed by atoms with Gasteiger partial charge in [-0.25, -0.2) is 0 Å². The zero-order valence-electron chi connectivity index (χ0n) is 9.91. The minimum atomic E-state index is 0.311. The van der Waals surface area contributed by atoms with Crippen LogP contribution in [0.3, 0.4) is 0 Å². The molecule has 0 saturated heterocycles. The lowest BCUT2D eigenvalue weighted by atomic mass is 10.00. The van der Waals surface area contributed by atoms with Gasteiger partial charge < -0.3 is 16.2 Å². The van der Waals surface area contributed by atoms with E-state index in [1.165, 1.54) is 19.3 Å². The van der Waals surface area contributed by atoms with Gasteiger partial charge in [-0.2, -0.15) is 0 Å². The third-order valence-electron chi connectivity index (χ3n) is 3.75. The Morgan fingerprint density at radius 2 is 2.27 bits per heavy atom. The molecule has 1 aliphatic carbocycles. The summed E-state index contributed by atoms with van der Waals surface area (Å²) < 4.78 is 0. The molecule has 3 atom stereocenters. The van der Waals surface area contributed by atoms with Gasteiger partial charge in [0.25, 0.3) is 0 Å². The van der Waals surface area contributed by atoms with Crippen molar-refractivity contribution in [3.8, 4) is 0 Å². The van der Waals surface area contributed by atoms with E-state index in [2.05, 4.69) is 12.2 Å². The summed E-state index contributed by atoms with van der Waals surface area (Å²) >= 11 is 0. The zero-order chi connectivity index (χ0) is 11.1. The second kappa shape index (κ2) is 7.20. The third-order valence-corrected chi connectivity index (χ3v) is 3.75. The fourth-order valence-corrected chi connectivity index (χ4v) is 2.54. The maximum Gasteiger partial charge on any atom is 0.0434 e. The summed E-state index contributed by atoms with van der Waals surface area (Å²) in [6.45, 7) is 4.36. The van der Waals surface area contributed by atoms with Crippen LogP contribution in [0.2, 0.25) is 0 Å². The number of nitrogens with one attached hydrogen (secondary N) is 1. The summed E-state index contributed by atoms with van der Waals surface area (Å²) in [4.78, 5) is 0. The maximum atomic E-state index is 8.91. The van der Waals surface area contributed by atoms with Crippen LogP contribution in [0.25, 0.3) is 0 Å². The van der Waals surface area contributed by atoms with Crippen molar-refractivity contribution in [3.05, 3.63) is 0 Å². The summed E-state index contributed by atoms with van der Waals surface area (Å²) in [5.74, 6) is 1.30. The van der Waals surface area contributed by atoms with E-state index in [-0.39, 0.29) is 0 Å². The topological polar surface area (TPSA) is 58.3 Å². The van der Waals surface area contributed by atoms with Gasteiger partial charge in [0.15, 0.2) is 0 Å². The molecule has 0 aromatic heterocycles. The predicted molar refractivity (Wildman–Crippen MR) is 63.7 cm³/mol. The quantitative estimate of drug-likeness (QED) is 0.595. The Bertz CT molecular complexity index is 164. The molecule has 1 rings (SSSR count). The molecule has 0 radical (unpaired) electrons. The molecule has 1 fully saturated rings. The van der Waals surface area contributed by atoms with E-state index in [0.717, 1.165) is 25.9 Å². The van der Waals surface area contributed by atoms with Crippen molar-refractivity contribution in [2.24, 2.45) is 17.6 Å². The molecule has 3 unspecified atom stereocenters. The second-order valence-electron chi connectivity index (χ2n) is 4.73. The molecule has 0 aromatic rings. The Kier molecular flexibility index (Phi) is 6.22. The largest absolute Gasteiger partial charge is 0.396 e. The Morgan fingerprint density at radius 1 is 1.47 bits per heavy atom. The average Bonchev–Trinajstić information content (AvgIpc) is 2.71. The van der Waals surface area contributed by atoms with Gasteiger partial charge in [0.2, 0.25) is 0 Å². The van der Waals surface area contributed by atoms with Crippen LogP contribution in [0.1, 0.15) is 39.0 Å². The van der Waals surface area contributed by atoms with E-state index in [4.69, 9.17) is 10.8 Å². The van der Waals surface area contributed by atoms with Crippen LogP contribution >= 0.6 is 0 Å². The van der Waals surface area contributed by atoms with Gasteiger partial charge in [0, 0.05) is 12.6 Å². The zero-order valence-corrected chi connectivity index (χ0v) is 9.91. The molecule has 15 heavy (non-hydrogen) atoms. The summed E-state index contributed by atoms with van der Waals surface area (Å²) in [6.07, 6.45) is 5.94. The molecule has 0 amide bonds. The van der Waals surface area contributed by atoms with Gasteiger partial charge in [0.1, 0.15) is 0 Å². The molecule has 4 N–H and O–H groups in total. The Balaban J connectivity index is 2.22. The molecule has 1 aliphatic rings. The Labute approximate surface area is 93.4 Å². The van der Waals surface area contributed by atoms with Crippen molar-refractivity contribution in [1.82, 2.24) is 5.32 Å². The number of hydrogen-bond acceptors (Lipinski definition) is 3. The number of nitrogens with two attached hydrogens (primary N) is 1. The lowest BCUT2D eigenvalue weighted by molar-refractivity contribution is 0.245. The standard InChI is InChI=1S/C12H26N2O/c1-2-10(6-7-15)9-14-12-5-3-4-11(12)8-13/h10-12,14-15H,2-9,13H2,1H3. The molecule has 0 aromatic carbocycles. The second-order valence-corrected chi connectivity index (χ2v) is 4.73. The van der Waals surface area contributed by atoms with Gasteiger partial charge >= 0.3 is 0 Å². The SMILES string of the molecule is CCC(CCO)CNC1CCCC1CN. The van der Waals surface area contributed by atoms with Crippen LogP contribution in [-0.4, -0.2) is 30.8 Å². The summed E-state index contributed by atoms with van der Waals surface area (Å²) in [6, 6.07) is 0.628. The van der Waals surface area contributed by atoms with E-state index >= 15 is 0 Å². The van der Waals surface area contributed by atoms with Crippen molar-refractivity contribution in [2.45, 2.75) is 45.1 Å². The molecule has 1 saturated carbocycles. The summed E-state index contributed by atoms with van der Waals surface area (Å²) in [7, 11) is 0. The van der Waals surface area contributed by atoms with E-state index in [1.807, 2.05) is 0 Å². The van der Waals surface area contributed by atoms with E-state index < -0.39 is 0 Å². The predicted octanol–water partition coefficient (Wildman–Crippen LogP) is 1.11. The molecular formula is C12H26N2O. The molecule has 0 aliphatic heterocycles. The van der Waals surface area contributed by atoms with Gasteiger partial charge in [-0.15, -0.1) is 0 Å². The maximum absolute atomic E-state index is 8.91. The van der Waals surface area contributed by atoms with E-state index in [1.54, 1.807) is 0 Å². The normalized spacial score (nSPS) is 28.2. The van der Waals surface area contributed by atoms with Gasteiger partial charge in [-0.05, 0) is 44.2 Å². The molecule has 0 spiro atoms. The van der Waals surface area contributed by atoms with Crippen molar-refractivity contribution < 1.29 is 5.11 Å². The number of rotatable bonds is 7. The van der Waals surface area contributed by atoms with Gasteiger partial charge in [-0.3, -0.25) is 0 Å². The summed E-state index contributed by atoms with van der Waals surface area (Å²) in [5, 5.41) is 12.5. The highest BCUT2D eigenvalue weighted by Gasteiger charge is 2.25. The fraction of sp³-hybridized carbons (Fsp3) is 1.00. The van der Waals surface area contributed by atoms with Crippen LogP contribution in [0.15, 0.2) is 0 Å². The monoisotopic (exact) mass is 214 g/mol. The lowest BCUT2D eigenvalue weighted by Gasteiger charge is -2.22. The molecule has 3 nitrogen and oxygen atoms in total. The third kappa shape index (κ3) is 4.09. The Morgan fingerprint density at radius 3 is 2.87 bits per heavy atom. The van der Waals surface area contributed by atoms with E-state index in [9.17, 15) is 0 Å². The number of aliphatic hydroxyl groups is 1. The summed E-state index contributed by atoms with van der Waals surface area (Å²) in [5.41, 5.74) is 5.74. The molecule has 0 heterocycles. The van der Waals surface area contributed by atoms with Crippen molar-refractivity contribution >= 4 is 0 Å². The van der Waals surface area contributed by atoms with Crippen LogP contribution in [0, 0.1) is 11.8 Å². The number of aliphatic hydroxyl groups excluding tert-OH is 1. The van der Waals surface area contributed by atoms with Crippen LogP contribution in [0.5, 0.6) is 0 Å². The average molecular weight is 214 g/mol. The highest BCUT2D eigenvalue weighted by molar-refractivity contribution is 4.84. The first-order valence-corrected chi connectivity index (χ1v) is 6.36. The van der Waals surface area contributed by atoms with Crippen molar-refractivity contribution in [2.75, 3.05) is 19.7 Å². The van der Waals surface area contributed by atoms with Gasteiger partial charge in [-0.1, -0.05) is 19.8 Å². The molecule has 90 valence electrons. The van der Waals surface area contributed by atoms with Gasteiger partial charge in [0.05, 0.1) is 0 Å². The highest BCUT2D eigenvalue weighted by Crippen LogP contribution is 2.24. The number of hydrogen-bond donors (Lipinski definition) is 3. The minimum absolute atomic E-state index is 0.311. The van der Waals surface area contributed by atoms with Crippen LogP contribution in [-0.2, 0) is 0 Å². The highest BCUT2D eigenvalue weighted by atomic mass is 16.3. The molecular weight excluding hydrogens is 188 g/mol. The van der Waals surface area contributed by atoms with Crippen LogP contribution < -0.4 is 11.1 Å².